The normalized spacial score (nSPS) is 31.3. The second kappa shape index (κ2) is 6.03. The third-order valence-electron chi connectivity index (χ3n) is 5.30. The van der Waals surface area contributed by atoms with Gasteiger partial charge in [-0.05, 0) is 32.6 Å². The van der Waals surface area contributed by atoms with Gasteiger partial charge in [-0.2, -0.15) is 0 Å². The summed E-state index contributed by atoms with van der Waals surface area (Å²) in [7, 11) is 0. The predicted molar refractivity (Wildman–Crippen MR) is 83.8 cm³/mol. The summed E-state index contributed by atoms with van der Waals surface area (Å²) in [6.45, 7) is 2.53. The van der Waals surface area contributed by atoms with E-state index in [9.17, 15) is 19.6 Å². The van der Waals surface area contributed by atoms with E-state index in [0.717, 1.165) is 50.8 Å². The molecule has 126 valence electrons. The third kappa shape index (κ3) is 3.02. The quantitative estimate of drug-likeness (QED) is 0.683. The summed E-state index contributed by atoms with van der Waals surface area (Å²) in [6, 6.07) is 0.963. The molecule has 0 amide bonds. The Kier molecular flexibility index (Phi) is 4.23. The molecular weight excluding hydrogens is 301 g/mol. The van der Waals surface area contributed by atoms with Crippen LogP contribution in [0.3, 0.4) is 0 Å². The van der Waals surface area contributed by atoms with E-state index < -0.39 is 16.3 Å². The highest BCUT2D eigenvalue weighted by Gasteiger charge is 2.44. The van der Waals surface area contributed by atoms with Crippen molar-refractivity contribution < 1.29 is 14.4 Å². The van der Waals surface area contributed by atoms with Crippen LogP contribution in [0.15, 0.2) is 12.3 Å². The molecule has 3 atom stereocenters. The summed E-state index contributed by atoms with van der Waals surface area (Å²) in [6.07, 6.45) is 6.67. The Morgan fingerprint density at radius 2 is 2.22 bits per heavy atom. The second-order valence-corrected chi connectivity index (χ2v) is 6.87. The van der Waals surface area contributed by atoms with Gasteiger partial charge in [0.1, 0.15) is 6.20 Å². The molecule has 1 saturated carbocycles. The first-order chi connectivity index (χ1) is 10.9. The molecule has 6 nitrogen and oxygen atoms in total. The Balaban J connectivity index is 1.88. The van der Waals surface area contributed by atoms with E-state index in [0.29, 0.717) is 6.54 Å². The van der Waals surface area contributed by atoms with Gasteiger partial charge in [-0.1, -0.05) is 12.8 Å². The predicted octanol–water partition coefficient (Wildman–Crippen LogP) is 3.04. The van der Waals surface area contributed by atoms with E-state index >= 15 is 0 Å². The fourth-order valence-electron chi connectivity index (χ4n) is 4.16. The van der Waals surface area contributed by atoms with Crippen molar-refractivity contribution >= 4 is 11.5 Å². The average Bonchev–Trinajstić information content (AvgIpc) is 2.95. The number of nitrogens with zero attached hydrogens (tertiary/aromatic N) is 3. The van der Waals surface area contributed by atoms with Gasteiger partial charge in [0.2, 0.25) is 0 Å². The Morgan fingerprint density at radius 3 is 2.87 bits per heavy atom. The molecule has 1 aliphatic carbocycles. The summed E-state index contributed by atoms with van der Waals surface area (Å²) < 4.78 is 14.3. The van der Waals surface area contributed by atoms with Crippen molar-refractivity contribution in [2.45, 2.75) is 57.1 Å². The number of anilines is 1. The van der Waals surface area contributed by atoms with Crippen LogP contribution < -0.4 is 4.90 Å². The first-order valence-electron chi connectivity index (χ1n) is 8.19. The lowest BCUT2D eigenvalue weighted by atomic mass is 9.72. The summed E-state index contributed by atoms with van der Waals surface area (Å²) in [5.74, 6) is -0.420. The molecule has 0 radical (unpaired) electrons. The highest BCUT2D eigenvalue weighted by Crippen LogP contribution is 2.42. The standard InChI is InChI=1S/C16H22FN3O3/c1-16(21)7-3-2-5-12(16)14-6-4-8-19(14)15-13(17)9-11(10-18-15)20(22)23/h9-10,12,14,21H,2-8H2,1H3. The van der Waals surface area contributed by atoms with Gasteiger partial charge >= 0.3 is 0 Å². The molecule has 1 N–H and O–H groups in total. The second-order valence-electron chi connectivity index (χ2n) is 6.87. The van der Waals surface area contributed by atoms with Crippen LogP contribution in [0.25, 0.3) is 0 Å². The highest BCUT2D eigenvalue weighted by molar-refractivity contribution is 5.47. The van der Waals surface area contributed by atoms with Crippen LogP contribution in [-0.4, -0.2) is 33.2 Å². The third-order valence-corrected chi connectivity index (χ3v) is 5.30. The van der Waals surface area contributed by atoms with Gasteiger partial charge < -0.3 is 10.0 Å². The van der Waals surface area contributed by atoms with Gasteiger partial charge in [0.05, 0.1) is 16.6 Å². The Labute approximate surface area is 134 Å². The van der Waals surface area contributed by atoms with Gasteiger partial charge in [-0.15, -0.1) is 0 Å². The molecule has 0 spiro atoms. The zero-order chi connectivity index (χ0) is 16.6. The number of hydrogen-bond donors (Lipinski definition) is 1. The van der Waals surface area contributed by atoms with E-state index in [2.05, 4.69) is 4.98 Å². The van der Waals surface area contributed by atoms with E-state index in [4.69, 9.17) is 0 Å². The number of aromatic nitrogens is 1. The van der Waals surface area contributed by atoms with Crippen molar-refractivity contribution in [1.82, 2.24) is 4.98 Å². The van der Waals surface area contributed by atoms with Crippen molar-refractivity contribution in [1.29, 1.82) is 0 Å². The number of rotatable bonds is 3. The van der Waals surface area contributed by atoms with Crippen LogP contribution in [0.2, 0.25) is 0 Å². The lowest BCUT2D eigenvalue weighted by Crippen LogP contribution is -2.49. The zero-order valence-electron chi connectivity index (χ0n) is 13.2. The maximum atomic E-state index is 14.3. The topological polar surface area (TPSA) is 79.5 Å². The Hall–Kier alpha value is -1.76. The smallest absolute Gasteiger partial charge is 0.290 e. The minimum atomic E-state index is -0.747. The molecule has 0 aromatic carbocycles. The Bertz CT molecular complexity index is 608. The summed E-state index contributed by atoms with van der Waals surface area (Å²) in [5, 5.41) is 21.5. The lowest BCUT2D eigenvalue weighted by Gasteiger charge is -2.43. The fraction of sp³-hybridized carbons (Fsp3) is 0.688. The molecule has 0 bridgehead atoms. The van der Waals surface area contributed by atoms with Crippen LogP contribution in [0.1, 0.15) is 45.4 Å². The van der Waals surface area contributed by atoms with Gasteiger partial charge in [0.25, 0.3) is 5.69 Å². The molecule has 1 aliphatic heterocycles. The van der Waals surface area contributed by atoms with Crippen molar-refractivity contribution in [3.8, 4) is 0 Å². The Morgan fingerprint density at radius 1 is 1.43 bits per heavy atom. The van der Waals surface area contributed by atoms with Crippen LogP contribution in [0, 0.1) is 21.8 Å². The number of nitro groups is 1. The van der Waals surface area contributed by atoms with Gasteiger partial charge in [0.15, 0.2) is 11.6 Å². The monoisotopic (exact) mass is 323 g/mol. The molecule has 23 heavy (non-hydrogen) atoms. The van der Waals surface area contributed by atoms with Crippen LogP contribution >= 0.6 is 0 Å². The molecule has 1 aromatic rings. The number of hydrogen-bond acceptors (Lipinski definition) is 5. The molecule has 3 rings (SSSR count). The maximum absolute atomic E-state index is 14.3. The van der Waals surface area contributed by atoms with Crippen LogP contribution in [0.5, 0.6) is 0 Å². The number of halogens is 1. The van der Waals surface area contributed by atoms with Gasteiger partial charge in [-0.3, -0.25) is 10.1 Å². The first-order valence-corrected chi connectivity index (χ1v) is 8.19. The highest BCUT2D eigenvalue weighted by atomic mass is 19.1. The van der Waals surface area contributed by atoms with Crippen molar-refractivity contribution in [3.05, 3.63) is 28.2 Å². The van der Waals surface area contributed by atoms with E-state index in [1.165, 1.54) is 0 Å². The molecular formula is C16H22FN3O3. The van der Waals surface area contributed by atoms with E-state index in [1.54, 1.807) is 0 Å². The largest absolute Gasteiger partial charge is 0.390 e. The molecule has 2 fully saturated rings. The molecule has 2 heterocycles. The molecule has 7 heteroatoms. The van der Waals surface area contributed by atoms with Gasteiger partial charge in [-0.25, -0.2) is 9.37 Å². The van der Waals surface area contributed by atoms with Crippen LogP contribution in [0.4, 0.5) is 15.9 Å². The molecule has 1 aromatic heterocycles. The van der Waals surface area contributed by atoms with Crippen molar-refractivity contribution in [2.24, 2.45) is 5.92 Å². The minimum absolute atomic E-state index is 0.0359. The molecule has 1 saturated heterocycles. The summed E-state index contributed by atoms with van der Waals surface area (Å²) >= 11 is 0. The van der Waals surface area contributed by atoms with Gasteiger partial charge in [0, 0.05) is 18.5 Å². The van der Waals surface area contributed by atoms with E-state index in [-0.39, 0.29) is 23.5 Å². The minimum Gasteiger partial charge on any atom is -0.390 e. The van der Waals surface area contributed by atoms with E-state index in [1.807, 2.05) is 11.8 Å². The number of pyridine rings is 1. The fourth-order valence-corrected chi connectivity index (χ4v) is 4.16. The van der Waals surface area contributed by atoms with Crippen molar-refractivity contribution in [3.63, 3.8) is 0 Å². The number of aliphatic hydroxyl groups is 1. The lowest BCUT2D eigenvalue weighted by molar-refractivity contribution is -0.385. The SMILES string of the molecule is CC1(O)CCCCC1C1CCCN1c1ncc([N+](=O)[O-])cc1F. The zero-order valence-corrected chi connectivity index (χ0v) is 13.2. The first kappa shape index (κ1) is 16.1. The maximum Gasteiger partial charge on any atom is 0.290 e. The van der Waals surface area contributed by atoms with Crippen molar-refractivity contribution in [2.75, 3.05) is 11.4 Å². The molecule has 3 unspecified atom stereocenters. The summed E-state index contributed by atoms with van der Waals surface area (Å²) in [4.78, 5) is 16.0. The summed E-state index contributed by atoms with van der Waals surface area (Å²) in [5.41, 5.74) is -1.09. The molecule has 2 aliphatic rings. The average molecular weight is 323 g/mol. The van der Waals surface area contributed by atoms with Crippen LogP contribution in [-0.2, 0) is 0 Å².